The number of rotatable bonds is 5. The van der Waals surface area contributed by atoms with Gasteiger partial charge in [-0.1, -0.05) is 0 Å². The van der Waals surface area contributed by atoms with E-state index >= 15 is 0 Å². The number of hydrogen-bond acceptors (Lipinski definition) is 5. The first-order valence-electron chi connectivity index (χ1n) is 8.86. The molecule has 4 rings (SSSR count). The molecule has 2 N–H and O–H groups in total. The Morgan fingerprint density at radius 2 is 2.19 bits per heavy atom. The van der Waals surface area contributed by atoms with Gasteiger partial charge in [-0.25, -0.2) is 0 Å². The predicted octanol–water partition coefficient (Wildman–Crippen LogP) is 2.97. The van der Waals surface area contributed by atoms with Crippen LogP contribution in [0, 0.1) is 6.92 Å². The first kappa shape index (κ1) is 16.7. The fourth-order valence-corrected chi connectivity index (χ4v) is 3.32. The van der Waals surface area contributed by atoms with Gasteiger partial charge in [-0.2, -0.15) is 5.10 Å². The van der Waals surface area contributed by atoms with E-state index in [1.165, 1.54) is 6.26 Å². The number of aryl methyl sites for hydroxylation is 1. The van der Waals surface area contributed by atoms with Crippen LogP contribution in [0.2, 0.25) is 0 Å². The molecule has 1 aliphatic heterocycles. The summed E-state index contributed by atoms with van der Waals surface area (Å²) in [5, 5.41) is 10.7. The van der Waals surface area contributed by atoms with Gasteiger partial charge >= 0.3 is 0 Å². The molecule has 3 aromatic rings. The summed E-state index contributed by atoms with van der Waals surface area (Å²) < 4.78 is 10.9. The van der Waals surface area contributed by atoms with Crippen molar-refractivity contribution < 1.29 is 13.6 Å². The zero-order valence-electron chi connectivity index (χ0n) is 14.7. The molecule has 0 bridgehead atoms. The van der Waals surface area contributed by atoms with Crippen molar-refractivity contribution in [3.8, 4) is 11.5 Å². The molecule has 1 aliphatic rings. The van der Waals surface area contributed by atoms with Crippen LogP contribution in [0.25, 0.3) is 11.5 Å². The topological polar surface area (TPSA) is 87.3 Å². The lowest BCUT2D eigenvalue weighted by atomic mass is 10.0. The number of carbonyl (C=O) groups is 1. The van der Waals surface area contributed by atoms with Gasteiger partial charge in [-0.05, 0) is 44.0 Å². The van der Waals surface area contributed by atoms with Crippen LogP contribution in [0.1, 0.15) is 34.7 Å². The fourth-order valence-electron chi connectivity index (χ4n) is 3.32. The maximum Gasteiger partial charge on any atom is 0.289 e. The van der Waals surface area contributed by atoms with Crippen LogP contribution < -0.4 is 5.32 Å². The molecule has 0 radical (unpaired) electrons. The molecule has 0 saturated carbocycles. The third-order valence-corrected chi connectivity index (χ3v) is 4.80. The molecular formula is C19H22N4O3. The van der Waals surface area contributed by atoms with Crippen LogP contribution in [0.4, 0.5) is 0 Å². The molecular weight excluding hydrogens is 332 g/mol. The van der Waals surface area contributed by atoms with E-state index in [0.29, 0.717) is 18.3 Å². The molecule has 1 fully saturated rings. The largest absolute Gasteiger partial charge is 0.460 e. The Balaban J connectivity index is 1.31. The minimum Gasteiger partial charge on any atom is -0.460 e. The minimum atomic E-state index is -0.0289. The second kappa shape index (κ2) is 7.21. The molecule has 0 atom stereocenters. The first-order valence-corrected chi connectivity index (χ1v) is 8.86. The molecule has 7 heteroatoms. The highest BCUT2D eigenvalue weighted by molar-refractivity contribution is 5.91. The van der Waals surface area contributed by atoms with Crippen molar-refractivity contribution in [2.24, 2.45) is 0 Å². The summed E-state index contributed by atoms with van der Waals surface area (Å²) in [7, 11) is 0. The summed E-state index contributed by atoms with van der Waals surface area (Å²) in [4.78, 5) is 14.2. The first-order chi connectivity index (χ1) is 12.7. The van der Waals surface area contributed by atoms with Gasteiger partial charge in [-0.3, -0.25) is 9.89 Å². The van der Waals surface area contributed by atoms with Crippen LogP contribution in [-0.4, -0.2) is 40.1 Å². The highest BCUT2D eigenvalue weighted by atomic mass is 16.3. The molecule has 7 nitrogen and oxygen atoms in total. The molecule has 1 amide bonds. The number of hydrogen-bond donors (Lipinski definition) is 2. The van der Waals surface area contributed by atoms with Gasteiger partial charge in [0.1, 0.15) is 11.5 Å². The maximum atomic E-state index is 12.3. The van der Waals surface area contributed by atoms with Gasteiger partial charge in [0.15, 0.2) is 11.5 Å². The fraction of sp³-hybridized carbons (Fsp3) is 0.368. The lowest BCUT2D eigenvalue weighted by Gasteiger charge is -2.32. The van der Waals surface area contributed by atoms with Crippen LogP contribution in [0.15, 0.2) is 45.6 Å². The molecule has 0 aliphatic carbocycles. The Bertz CT molecular complexity index is 857. The Kier molecular flexibility index (Phi) is 4.62. The van der Waals surface area contributed by atoms with E-state index in [9.17, 15) is 4.79 Å². The number of carbonyl (C=O) groups excluding carboxylic acids is 1. The van der Waals surface area contributed by atoms with Crippen molar-refractivity contribution in [2.75, 3.05) is 13.1 Å². The van der Waals surface area contributed by atoms with Crippen molar-refractivity contribution in [2.45, 2.75) is 32.4 Å². The summed E-state index contributed by atoms with van der Waals surface area (Å²) in [5.41, 5.74) is 1.99. The number of nitrogens with one attached hydrogen (secondary N) is 2. The summed E-state index contributed by atoms with van der Waals surface area (Å²) in [6, 6.07) is 7.72. The smallest absolute Gasteiger partial charge is 0.289 e. The Morgan fingerprint density at radius 1 is 1.35 bits per heavy atom. The van der Waals surface area contributed by atoms with E-state index in [1.54, 1.807) is 12.1 Å². The molecule has 26 heavy (non-hydrogen) atoms. The molecule has 0 aromatic carbocycles. The number of nitrogens with zero attached hydrogens (tertiary/aromatic N) is 2. The zero-order chi connectivity index (χ0) is 17.9. The van der Waals surface area contributed by atoms with Gasteiger partial charge in [0.25, 0.3) is 5.91 Å². The van der Waals surface area contributed by atoms with Crippen molar-refractivity contribution in [1.29, 1.82) is 0 Å². The van der Waals surface area contributed by atoms with E-state index in [0.717, 1.165) is 48.7 Å². The van der Waals surface area contributed by atoms with Crippen LogP contribution >= 0.6 is 0 Å². The van der Waals surface area contributed by atoms with Crippen LogP contribution in [-0.2, 0) is 6.54 Å². The maximum absolute atomic E-state index is 12.3. The van der Waals surface area contributed by atoms with Gasteiger partial charge in [-0.15, -0.1) is 0 Å². The molecule has 0 unspecified atom stereocenters. The van der Waals surface area contributed by atoms with Crippen molar-refractivity contribution in [3.05, 3.63) is 53.8 Å². The number of aromatic amines is 1. The number of aromatic nitrogens is 2. The lowest BCUT2D eigenvalue weighted by molar-refractivity contribution is 0.0672. The Labute approximate surface area is 151 Å². The van der Waals surface area contributed by atoms with Gasteiger partial charge < -0.3 is 19.1 Å². The normalized spacial score (nSPS) is 15.5. The van der Waals surface area contributed by atoms with E-state index in [4.69, 9.17) is 8.83 Å². The average Bonchev–Trinajstić information content (AvgIpc) is 3.41. The zero-order valence-corrected chi connectivity index (χ0v) is 14.7. The number of likely N-dealkylation sites (tertiary alicyclic amines) is 1. The predicted molar refractivity (Wildman–Crippen MR) is 95.5 cm³/mol. The van der Waals surface area contributed by atoms with Crippen LogP contribution in [0.3, 0.4) is 0 Å². The van der Waals surface area contributed by atoms with Crippen LogP contribution in [0.5, 0.6) is 0 Å². The summed E-state index contributed by atoms with van der Waals surface area (Å²) >= 11 is 0. The lowest BCUT2D eigenvalue weighted by Crippen LogP contribution is -2.44. The summed E-state index contributed by atoms with van der Waals surface area (Å²) in [6.07, 6.45) is 5.19. The molecule has 3 aromatic heterocycles. The number of piperidine rings is 1. The standard InChI is InChI=1S/C19H22N4O3/c1-13-4-5-16(26-13)18-14(12-21-22-18)11-20-15-6-8-23(9-7-15)19(24)17-3-2-10-25-17/h2-5,10,12,15,20H,6-9,11H2,1H3,(H,21,22). The number of amides is 1. The number of furan rings is 2. The Morgan fingerprint density at radius 3 is 2.88 bits per heavy atom. The molecule has 0 spiro atoms. The molecule has 4 heterocycles. The minimum absolute atomic E-state index is 0.0289. The molecule has 1 saturated heterocycles. The van der Waals surface area contributed by atoms with E-state index in [2.05, 4.69) is 15.5 Å². The third-order valence-electron chi connectivity index (χ3n) is 4.80. The monoisotopic (exact) mass is 354 g/mol. The van der Waals surface area contributed by atoms with Crippen molar-refractivity contribution >= 4 is 5.91 Å². The third kappa shape index (κ3) is 3.43. The van der Waals surface area contributed by atoms with Crippen molar-refractivity contribution in [1.82, 2.24) is 20.4 Å². The Hall–Kier alpha value is -2.80. The van der Waals surface area contributed by atoms with Crippen molar-refractivity contribution in [3.63, 3.8) is 0 Å². The second-order valence-electron chi connectivity index (χ2n) is 6.61. The summed E-state index contributed by atoms with van der Waals surface area (Å²) in [5.74, 6) is 2.06. The van der Waals surface area contributed by atoms with E-state index < -0.39 is 0 Å². The highest BCUT2D eigenvalue weighted by Crippen LogP contribution is 2.23. The van der Waals surface area contributed by atoms with Gasteiger partial charge in [0, 0.05) is 31.2 Å². The SMILES string of the molecule is Cc1ccc(-c2[nH]ncc2CNC2CCN(C(=O)c3ccco3)CC2)o1. The quantitative estimate of drug-likeness (QED) is 0.735. The molecule has 136 valence electrons. The van der Waals surface area contributed by atoms with Gasteiger partial charge in [0.05, 0.1) is 12.5 Å². The average molecular weight is 354 g/mol. The second-order valence-corrected chi connectivity index (χ2v) is 6.61. The van der Waals surface area contributed by atoms with E-state index in [1.807, 2.05) is 30.2 Å². The highest BCUT2D eigenvalue weighted by Gasteiger charge is 2.25. The number of H-pyrrole nitrogens is 1. The van der Waals surface area contributed by atoms with Gasteiger partial charge in [0.2, 0.25) is 0 Å². The summed E-state index contributed by atoms with van der Waals surface area (Å²) in [6.45, 7) is 4.09. The van der Waals surface area contributed by atoms with E-state index in [-0.39, 0.29) is 5.91 Å².